The van der Waals surface area contributed by atoms with Crippen LogP contribution >= 0.6 is 11.6 Å². The van der Waals surface area contributed by atoms with Crippen LogP contribution in [0.3, 0.4) is 0 Å². The SMILES string of the molecule is Cc1ccc(CCc2cccc(Cl)c2)cc1. The molecule has 0 fully saturated rings. The quantitative estimate of drug-likeness (QED) is 0.732. The summed E-state index contributed by atoms with van der Waals surface area (Å²) >= 11 is 5.95. The Balaban J connectivity index is 1.99. The average Bonchev–Trinajstić information content (AvgIpc) is 2.28. The van der Waals surface area contributed by atoms with Crippen molar-refractivity contribution in [2.75, 3.05) is 0 Å². The van der Waals surface area contributed by atoms with Crippen LogP contribution in [-0.2, 0) is 12.8 Å². The molecule has 0 radical (unpaired) electrons. The summed E-state index contributed by atoms with van der Waals surface area (Å²) in [5, 5.41) is 0.821. The molecule has 2 aromatic carbocycles. The van der Waals surface area contributed by atoms with Crippen LogP contribution in [0.2, 0.25) is 5.02 Å². The molecule has 0 saturated carbocycles. The molecule has 16 heavy (non-hydrogen) atoms. The van der Waals surface area contributed by atoms with Crippen molar-refractivity contribution in [3.8, 4) is 0 Å². The van der Waals surface area contributed by atoms with E-state index in [4.69, 9.17) is 11.6 Å². The van der Waals surface area contributed by atoms with Crippen molar-refractivity contribution in [2.24, 2.45) is 0 Å². The Morgan fingerprint density at radius 3 is 2.25 bits per heavy atom. The van der Waals surface area contributed by atoms with Gasteiger partial charge in [0.25, 0.3) is 0 Å². The second kappa shape index (κ2) is 5.18. The average molecular weight is 231 g/mol. The Bertz CT molecular complexity index is 457. The predicted molar refractivity (Wildman–Crippen MR) is 70.0 cm³/mol. The van der Waals surface area contributed by atoms with E-state index in [1.165, 1.54) is 16.7 Å². The van der Waals surface area contributed by atoms with Crippen LogP contribution in [0.4, 0.5) is 0 Å². The Labute approximate surface area is 102 Å². The minimum atomic E-state index is 0.821. The summed E-state index contributed by atoms with van der Waals surface area (Å²) in [4.78, 5) is 0. The summed E-state index contributed by atoms with van der Waals surface area (Å²) in [6, 6.07) is 16.8. The maximum atomic E-state index is 5.95. The third-order valence-electron chi connectivity index (χ3n) is 2.71. The van der Waals surface area contributed by atoms with Crippen LogP contribution in [0.25, 0.3) is 0 Å². The summed E-state index contributed by atoms with van der Waals surface area (Å²) in [5.41, 5.74) is 3.99. The first-order valence-electron chi connectivity index (χ1n) is 5.54. The molecule has 0 aliphatic carbocycles. The maximum absolute atomic E-state index is 5.95. The van der Waals surface area contributed by atoms with Gasteiger partial charge in [-0.3, -0.25) is 0 Å². The molecule has 0 aliphatic rings. The number of aryl methyl sites for hydroxylation is 3. The van der Waals surface area contributed by atoms with Gasteiger partial charge < -0.3 is 0 Å². The summed E-state index contributed by atoms with van der Waals surface area (Å²) in [6.45, 7) is 2.11. The molecule has 0 N–H and O–H groups in total. The molecule has 0 aliphatic heterocycles. The summed E-state index contributed by atoms with van der Waals surface area (Å²) in [6.07, 6.45) is 2.12. The van der Waals surface area contributed by atoms with Crippen LogP contribution in [0.5, 0.6) is 0 Å². The van der Waals surface area contributed by atoms with Gasteiger partial charge in [0.05, 0.1) is 0 Å². The van der Waals surface area contributed by atoms with Crippen molar-refractivity contribution in [3.63, 3.8) is 0 Å². The third-order valence-corrected chi connectivity index (χ3v) is 2.95. The Hall–Kier alpha value is -1.27. The van der Waals surface area contributed by atoms with Crippen molar-refractivity contribution >= 4 is 11.6 Å². The lowest BCUT2D eigenvalue weighted by Gasteiger charge is -2.03. The summed E-state index contributed by atoms with van der Waals surface area (Å²) < 4.78 is 0. The first-order chi connectivity index (χ1) is 7.74. The lowest BCUT2D eigenvalue weighted by molar-refractivity contribution is 0.959. The number of hydrogen-bond acceptors (Lipinski definition) is 0. The van der Waals surface area contributed by atoms with Gasteiger partial charge in [-0.25, -0.2) is 0 Å². The second-order valence-corrected chi connectivity index (χ2v) is 4.55. The smallest absolute Gasteiger partial charge is 0.0408 e. The van der Waals surface area contributed by atoms with Gasteiger partial charge in [0.2, 0.25) is 0 Å². The van der Waals surface area contributed by atoms with Crippen molar-refractivity contribution in [3.05, 3.63) is 70.2 Å². The van der Waals surface area contributed by atoms with Crippen molar-refractivity contribution in [1.29, 1.82) is 0 Å². The first kappa shape index (κ1) is 11.2. The lowest BCUT2D eigenvalue weighted by atomic mass is 10.0. The highest BCUT2D eigenvalue weighted by molar-refractivity contribution is 6.30. The fraction of sp³-hybridized carbons (Fsp3) is 0.200. The molecule has 0 saturated heterocycles. The van der Waals surface area contributed by atoms with E-state index in [0.717, 1.165) is 17.9 Å². The van der Waals surface area contributed by atoms with E-state index in [-0.39, 0.29) is 0 Å². The molecule has 0 amide bonds. The fourth-order valence-corrected chi connectivity index (χ4v) is 1.95. The van der Waals surface area contributed by atoms with Crippen LogP contribution in [0.1, 0.15) is 16.7 Å². The van der Waals surface area contributed by atoms with Crippen molar-refractivity contribution in [2.45, 2.75) is 19.8 Å². The number of halogens is 1. The zero-order chi connectivity index (χ0) is 11.4. The minimum Gasteiger partial charge on any atom is -0.0843 e. The van der Waals surface area contributed by atoms with E-state index in [0.29, 0.717) is 0 Å². The third kappa shape index (κ3) is 3.11. The molecule has 2 rings (SSSR count). The van der Waals surface area contributed by atoms with Crippen LogP contribution in [0, 0.1) is 6.92 Å². The van der Waals surface area contributed by atoms with E-state index < -0.39 is 0 Å². The zero-order valence-electron chi connectivity index (χ0n) is 9.41. The Morgan fingerprint density at radius 1 is 0.875 bits per heavy atom. The highest BCUT2D eigenvalue weighted by Gasteiger charge is 1.96. The molecule has 0 unspecified atom stereocenters. The fourth-order valence-electron chi connectivity index (χ4n) is 1.74. The van der Waals surface area contributed by atoms with Gasteiger partial charge in [-0.05, 0) is 43.0 Å². The molecule has 82 valence electrons. The highest BCUT2D eigenvalue weighted by atomic mass is 35.5. The summed E-state index contributed by atoms with van der Waals surface area (Å²) in [7, 11) is 0. The molecule has 0 heterocycles. The largest absolute Gasteiger partial charge is 0.0843 e. The van der Waals surface area contributed by atoms with Gasteiger partial charge >= 0.3 is 0 Å². The first-order valence-corrected chi connectivity index (χ1v) is 5.92. The van der Waals surface area contributed by atoms with E-state index in [2.05, 4.69) is 37.3 Å². The normalized spacial score (nSPS) is 10.4. The van der Waals surface area contributed by atoms with Gasteiger partial charge in [-0.1, -0.05) is 53.6 Å². The van der Waals surface area contributed by atoms with Gasteiger partial charge in [-0.2, -0.15) is 0 Å². The maximum Gasteiger partial charge on any atom is 0.0408 e. The predicted octanol–water partition coefficient (Wildman–Crippen LogP) is 4.43. The molecule has 0 atom stereocenters. The molecule has 0 spiro atoms. The van der Waals surface area contributed by atoms with Crippen LogP contribution in [0.15, 0.2) is 48.5 Å². The van der Waals surface area contributed by atoms with Crippen LogP contribution < -0.4 is 0 Å². The van der Waals surface area contributed by atoms with Gasteiger partial charge in [0.15, 0.2) is 0 Å². The molecule has 0 nitrogen and oxygen atoms in total. The Morgan fingerprint density at radius 2 is 1.56 bits per heavy atom. The van der Waals surface area contributed by atoms with Gasteiger partial charge in [0.1, 0.15) is 0 Å². The molecule has 1 heteroatoms. The lowest BCUT2D eigenvalue weighted by Crippen LogP contribution is -1.91. The highest BCUT2D eigenvalue weighted by Crippen LogP contribution is 2.13. The molecule has 2 aromatic rings. The molecule has 0 bridgehead atoms. The number of rotatable bonds is 3. The second-order valence-electron chi connectivity index (χ2n) is 4.12. The number of hydrogen-bond donors (Lipinski definition) is 0. The molecular formula is C15H15Cl. The van der Waals surface area contributed by atoms with E-state index >= 15 is 0 Å². The van der Waals surface area contributed by atoms with Crippen molar-refractivity contribution < 1.29 is 0 Å². The number of benzene rings is 2. The van der Waals surface area contributed by atoms with E-state index in [9.17, 15) is 0 Å². The van der Waals surface area contributed by atoms with E-state index in [1.54, 1.807) is 0 Å². The zero-order valence-corrected chi connectivity index (χ0v) is 10.2. The van der Waals surface area contributed by atoms with Gasteiger partial charge in [-0.15, -0.1) is 0 Å². The van der Waals surface area contributed by atoms with Gasteiger partial charge in [0, 0.05) is 5.02 Å². The van der Waals surface area contributed by atoms with Crippen LogP contribution in [-0.4, -0.2) is 0 Å². The standard InChI is InChI=1S/C15H15Cl/c1-12-5-7-13(8-6-12)9-10-14-3-2-4-15(16)11-14/h2-8,11H,9-10H2,1H3. The Kier molecular flexibility index (Phi) is 3.63. The minimum absolute atomic E-state index is 0.821. The van der Waals surface area contributed by atoms with Crippen molar-refractivity contribution in [1.82, 2.24) is 0 Å². The molecule has 0 aromatic heterocycles. The monoisotopic (exact) mass is 230 g/mol. The van der Waals surface area contributed by atoms with E-state index in [1.807, 2.05) is 18.2 Å². The topological polar surface area (TPSA) is 0 Å². The molecular weight excluding hydrogens is 216 g/mol. The summed E-state index contributed by atoms with van der Waals surface area (Å²) in [5.74, 6) is 0.